The second-order valence-electron chi connectivity index (χ2n) is 9.05. The molecule has 8 nitrogen and oxygen atoms in total. The SMILES string of the molecule is N#Cc1cc2cnc(Nc3cnn(C4CC4)c3Cl)nc2cc1C1CCN(C2COC2)C[C@@H]1F. The van der Waals surface area contributed by atoms with Gasteiger partial charge in [0.25, 0.3) is 0 Å². The van der Waals surface area contributed by atoms with Gasteiger partial charge in [0, 0.05) is 24.0 Å². The summed E-state index contributed by atoms with van der Waals surface area (Å²) in [6.45, 7) is 2.50. The summed E-state index contributed by atoms with van der Waals surface area (Å²) in [4.78, 5) is 11.2. The molecule has 0 amide bonds. The molecule has 0 bridgehead atoms. The van der Waals surface area contributed by atoms with Gasteiger partial charge in [-0.15, -0.1) is 0 Å². The molecule has 3 fully saturated rings. The second kappa shape index (κ2) is 8.20. The van der Waals surface area contributed by atoms with E-state index >= 15 is 4.39 Å². The molecule has 1 N–H and O–H groups in total. The van der Waals surface area contributed by atoms with Crippen molar-refractivity contribution in [3.8, 4) is 6.07 Å². The van der Waals surface area contributed by atoms with Crippen LogP contribution in [0.4, 0.5) is 16.0 Å². The van der Waals surface area contributed by atoms with Crippen LogP contribution in [-0.4, -0.2) is 63.2 Å². The minimum absolute atomic E-state index is 0.314. The molecule has 1 saturated carbocycles. The van der Waals surface area contributed by atoms with Gasteiger partial charge in [0.2, 0.25) is 5.95 Å². The van der Waals surface area contributed by atoms with Crippen LogP contribution in [0.25, 0.3) is 10.9 Å². The maximum absolute atomic E-state index is 15.2. The van der Waals surface area contributed by atoms with Crippen molar-refractivity contribution in [1.82, 2.24) is 24.6 Å². The van der Waals surface area contributed by atoms with E-state index in [1.165, 1.54) is 0 Å². The molecule has 0 spiro atoms. The Balaban J connectivity index is 1.28. The van der Waals surface area contributed by atoms with E-state index in [2.05, 4.69) is 31.4 Å². The molecule has 2 aliphatic heterocycles. The molecular formula is C23H23ClFN7O. The number of rotatable bonds is 5. The van der Waals surface area contributed by atoms with Gasteiger partial charge in [-0.2, -0.15) is 10.4 Å². The first-order chi connectivity index (χ1) is 16.1. The zero-order valence-electron chi connectivity index (χ0n) is 17.9. The Labute approximate surface area is 195 Å². The predicted octanol–water partition coefficient (Wildman–Crippen LogP) is 3.96. The highest BCUT2D eigenvalue weighted by Crippen LogP contribution is 2.39. The van der Waals surface area contributed by atoms with E-state index in [0.29, 0.717) is 71.7 Å². The molecule has 1 aliphatic carbocycles. The van der Waals surface area contributed by atoms with Crippen molar-refractivity contribution in [2.45, 2.75) is 43.4 Å². The summed E-state index contributed by atoms with van der Waals surface area (Å²) in [6, 6.07) is 6.52. The molecule has 0 radical (unpaired) electrons. The Kier molecular flexibility index (Phi) is 5.17. The number of fused-ring (bicyclic) bond motifs is 1. The largest absolute Gasteiger partial charge is 0.378 e. The second-order valence-corrected chi connectivity index (χ2v) is 9.41. The Hall–Kier alpha value is -2.80. The van der Waals surface area contributed by atoms with Gasteiger partial charge in [0.05, 0.1) is 54.3 Å². The van der Waals surface area contributed by atoms with Crippen LogP contribution >= 0.6 is 11.6 Å². The van der Waals surface area contributed by atoms with Crippen molar-refractivity contribution in [2.75, 3.05) is 31.6 Å². The van der Waals surface area contributed by atoms with Crippen LogP contribution in [0.15, 0.2) is 24.5 Å². The van der Waals surface area contributed by atoms with Gasteiger partial charge in [0.15, 0.2) is 5.15 Å². The van der Waals surface area contributed by atoms with E-state index in [0.717, 1.165) is 24.8 Å². The average molecular weight is 468 g/mol. The molecule has 6 rings (SSSR count). The standard InChI is InChI=1S/C23H23ClFN7O/c24-22-21(9-28-32(22)15-1-2-15)30-23-27-8-14-5-13(7-26)18(6-20(14)29-23)17-3-4-31(10-19(17)25)16-11-33-12-16/h5-6,8-9,15-17,19H,1-4,10-12H2,(H,27,29,30)/t17?,19-/m0/s1. The van der Waals surface area contributed by atoms with Crippen molar-refractivity contribution in [1.29, 1.82) is 5.26 Å². The Morgan fingerprint density at radius 2 is 2.03 bits per heavy atom. The van der Waals surface area contributed by atoms with E-state index < -0.39 is 6.17 Å². The Morgan fingerprint density at radius 1 is 1.18 bits per heavy atom. The number of nitrogens with zero attached hydrogens (tertiary/aromatic N) is 6. The molecule has 3 aliphatic rings. The number of benzene rings is 1. The molecule has 2 atom stereocenters. The molecule has 2 aromatic heterocycles. The quantitative estimate of drug-likeness (QED) is 0.607. The van der Waals surface area contributed by atoms with Crippen LogP contribution in [0.5, 0.6) is 0 Å². The van der Waals surface area contributed by atoms with Crippen LogP contribution in [-0.2, 0) is 4.74 Å². The van der Waals surface area contributed by atoms with Gasteiger partial charge in [0.1, 0.15) is 6.17 Å². The molecule has 3 aromatic rings. The van der Waals surface area contributed by atoms with Crippen LogP contribution in [0, 0.1) is 11.3 Å². The fraction of sp³-hybridized carbons (Fsp3) is 0.478. The summed E-state index contributed by atoms with van der Waals surface area (Å²) >= 11 is 6.45. The van der Waals surface area contributed by atoms with Crippen LogP contribution in [0.2, 0.25) is 5.15 Å². The zero-order chi connectivity index (χ0) is 22.5. The minimum atomic E-state index is -1.05. The van der Waals surface area contributed by atoms with Gasteiger partial charge < -0.3 is 10.1 Å². The lowest BCUT2D eigenvalue weighted by Gasteiger charge is -2.43. The van der Waals surface area contributed by atoms with Crippen molar-refractivity contribution in [2.24, 2.45) is 0 Å². The number of halogens is 2. The third kappa shape index (κ3) is 3.82. The predicted molar refractivity (Wildman–Crippen MR) is 121 cm³/mol. The van der Waals surface area contributed by atoms with Gasteiger partial charge in [-0.1, -0.05) is 11.6 Å². The van der Waals surface area contributed by atoms with Crippen molar-refractivity contribution < 1.29 is 9.13 Å². The van der Waals surface area contributed by atoms with Crippen molar-refractivity contribution in [3.63, 3.8) is 0 Å². The lowest BCUT2D eigenvalue weighted by Crippen LogP contribution is -2.54. The van der Waals surface area contributed by atoms with E-state index in [9.17, 15) is 5.26 Å². The van der Waals surface area contributed by atoms with Gasteiger partial charge in [-0.05, 0) is 43.5 Å². The minimum Gasteiger partial charge on any atom is -0.378 e. The van der Waals surface area contributed by atoms with Crippen LogP contribution in [0.1, 0.15) is 42.3 Å². The molecule has 1 aromatic carbocycles. The summed E-state index contributed by atoms with van der Waals surface area (Å²) in [5, 5.41) is 18.5. The van der Waals surface area contributed by atoms with Crippen molar-refractivity contribution >= 4 is 34.1 Å². The Morgan fingerprint density at radius 3 is 2.73 bits per heavy atom. The number of alkyl halides is 1. The molecule has 170 valence electrons. The third-order valence-corrected chi connectivity index (χ3v) is 7.23. The maximum atomic E-state index is 15.2. The smallest absolute Gasteiger partial charge is 0.227 e. The summed E-state index contributed by atoms with van der Waals surface area (Å²) in [5.41, 5.74) is 2.50. The number of ether oxygens (including phenoxy) is 1. The molecule has 1 unspecified atom stereocenters. The fourth-order valence-corrected chi connectivity index (χ4v) is 5.01. The summed E-state index contributed by atoms with van der Waals surface area (Å²) in [6.07, 6.45) is 5.12. The van der Waals surface area contributed by atoms with E-state index in [-0.39, 0.29) is 5.92 Å². The highest BCUT2D eigenvalue weighted by Gasteiger charge is 2.37. The summed E-state index contributed by atoms with van der Waals surface area (Å²) in [7, 11) is 0. The highest BCUT2D eigenvalue weighted by atomic mass is 35.5. The van der Waals surface area contributed by atoms with E-state index in [4.69, 9.17) is 16.3 Å². The van der Waals surface area contributed by atoms with E-state index in [1.807, 2.05) is 10.7 Å². The van der Waals surface area contributed by atoms with Gasteiger partial charge in [-0.25, -0.2) is 19.0 Å². The lowest BCUT2D eigenvalue weighted by molar-refractivity contribution is -0.0807. The molecular weight excluding hydrogens is 445 g/mol. The first kappa shape index (κ1) is 20.8. The summed E-state index contributed by atoms with van der Waals surface area (Å²) in [5.74, 6) is 0.0471. The molecule has 10 heteroatoms. The lowest BCUT2D eigenvalue weighted by atomic mass is 9.84. The normalized spacial score (nSPS) is 23.9. The number of anilines is 2. The number of nitrogens with one attached hydrogen (secondary N) is 1. The molecule has 4 heterocycles. The topological polar surface area (TPSA) is 91.9 Å². The maximum Gasteiger partial charge on any atom is 0.227 e. The number of nitriles is 1. The first-order valence-electron chi connectivity index (χ1n) is 11.3. The van der Waals surface area contributed by atoms with Crippen LogP contribution < -0.4 is 5.32 Å². The number of hydrogen-bond acceptors (Lipinski definition) is 7. The monoisotopic (exact) mass is 467 g/mol. The summed E-state index contributed by atoms with van der Waals surface area (Å²) < 4.78 is 22.3. The zero-order valence-corrected chi connectivity index (χ0v) is 18.7. The Bertz CT molecular complexity index is 1250. The average Bonchev–Trinajstić information content (AvgIpc) is 3.56. The third-order valence-electron chi connectivity index (χ3n) is 6.85. The van der Waals surface area contributed by atoms with Gasteiger partial charge >= 0.3 is 0 Å². The highest BCUT2D eigenvalue weighted by molar-refractivity contribution is 6.32. The number of likely N-dealkylation sites (tertiary alicyclic amines) is 1. The molecule has 2 saturated heterocycles. The van der Waals surface area contributed by atoms with Crippen molar-refractivity contribution in [3.05, 3.63) is 40.8 Å². The fourth-order valence-electron chi connectivity index (χ4n) is 4.73. The number of piperidine rings is 1. The number of aromatic nitrogens is 4. The molecule has 33 heavy (non-hydrogen) atoms. The van der Waals surface area contributed by atoms with Gasteiger partial charge in [-0.3, -0.25) is 4.90 Å². The first-order valence-corrected chi connectivity index (χ1v) is 11.6. The number of hydrogen-bond donors (Lipinski definition) is 1. The van der Waals surface area contributed by atoms with Crippen LogP contribution in [0.3, 0.4) is 0 Å². The van der Waals surface area contributed by atoms with E-state index in [1.54, 1.807) is 18.5 Å².